The molecule has 2 nitrogen and oxygen atoms in total. The van der Waals surface area contributed by atoms with Crippen molar-refractivity contribution in [3.8, 4) is 0 Å². The largest absolute Gasteiger partial charge is 0.481 e. The Kier molecular flexibility index (Phi) is 17.8. The molecule has 0 rings (SSSR count). The monoisotopic (exact) mass is 330 g/mol. The first-order valence-electron chi connectivity index (χ1n) is 9.24. The van der Waals surface area contributed by atoms with Crippen molar-refractivity contribution in [3.63, 3.8) is 0 Å². The average Bonchev–Trinajstić information content (AvgIpc) is 2.56. The van der Waals surface area contributed by atoms with Crippen LogP contribution in [0, 0.1) is 0 Å². The number of carboxylic acids is 1. The second-order valence-corrected chi connectivity index (χ2v) is 5.73. The van der Waals surface area contributed by atoms with Gasteiger partial charge in [0.1, 0.15) is 0 Å². The van der Waals surface area contributed by atoms with Crippen molar-refractivity contribution in [1.82, 2.24) is 0 Å². The lowest BCUT2D eigenvalue weighted by atomic mass is 10.2. The highest BCUT2D eigenvalue weighted by Crippen LogP contribution is 1.99. The van der Waals surface area contributed by atoms with E-state index in [9.17, 15) is 4.79 Å². The first kappa shape index (κ1) is 22.2. The lowest BCUT2D eigenvalue weighted by Gasteiger charge is -1.90. The SMILES string of the molecule is CCCC/C=C\C/C=C\C/C=C\C/C=C\C/C=C\CCCC(=O)O. The minimum atomic E-state index is -0.714. The molecule has 134 valence electrons. The van der Waals surface area contributed by atoms with E-state index < -0.39 is 5.97 Å². The van der Waals surface area contributed by atoms with E-state index in [1.807, 2.05) is 0 Å². The topological polar surface area (TPSA) is 37.3 Å². The predicted molar refractivity (Wildman–Crippen MR) is 105 cm³/mol. The molecule has 1 N–H and O–H groups in total. The molecule has 24 heavy (non-hydrogen) atoms. The van der Waals surface area contributed by atoms with Crippen LogP contribution < -0.4 is 0 Å². The molecule has 0 amide bonds. The number of aliphatic carboxylic acids is 1. The minimum Gasteiger partial charge on any atom is -0.481 e. The highest BCUT2D eigenvalue weighted by molar-refractivity contribution is 5.66. The van der Waals surface area contributed by atoms with Gasteiger partial charge in [0.05, 0.1) is 0 Å². The van der Waals surface area contributed by atoms with Gasteiger partial charge >= 0.3 is 5.97 Å². The maximum absolute atomic E-state index is 10.3. The molecule has 0 aliphatic rings. The maximum Gasteiger partial charge on any atom is 0.303 e. The van der Waals surface area contributed by atoms with Crippen LogP contribution in [0.3, 0.4) is 0 Å². The zero-order valence-electron chi connectivity index (χ0n) is 15.2. The van der Waals surface area contributed by atoms with E-state index in [0.717, 1.165) is 38.5 Å². The second-order valence-electron chi connectivity index (χ2n) is 5.73. The van der Waals surface area contributed by atoms with Gasteiger partial charge in [-0.15, -0.1) is 0 Å². The number of hydrogen-bond donors (Lipinski definition) is 1. The molecule has 0 aliphatic heterocycles. The molecule has 0 saturated heterocycles. The smallest absolute Gasteiger partial charge is 0.303 e. The van der Waals surface area contributed by atoms with Crippen molar-refractivity contribution in [3.05, 3.63) is 60.8 Å². The molecule has 0 bridgehead atoms. The Morgan fingerprint density at radius 1 is 0.667 bits per heavy atom. The summed E-state index contributed by atoms with van der Waals surface area (Å²) in [6, 6.07) is 0. The molecular formula is C22H34O2. The Hall–Kier alpha value is -1.83. The third-order valence-electron chi connectivity index (χ3n) is 3.41. The Morgan fingerprint density at radius 3 is 1.42 bits per heavy atom. The van der Waals surface area contributed by atoms with Crippen molar-refractivity contribution < 1.29 is 9.90 Å². The standard InChI is InChI=1S/C22H34O2/c1-2-3-4-5-6-7-8-9-10-11-12-13-14-15-16-17-18-19-20-21-22(23)24/h5-6,8-9,11-12,14-15,17-18H,2-4,7,10,13,16,19-21H2,1H3,(H,23,24)/b6-5-,9-8-,12-11-,15-14-,18-17-. The number of allylic oxidation sites excluding steroid dienone is 10. The van der Waals surface area contributed by atoms with Crippen LogP contribution in [-0.2, 0) is 4.79 Å². The molecule has 0 spiro atoms. The maximum atomic E-state index is 10.3. The van der Waals surface area contributed by atoms with E-state index in [1.165, 1.54) is 19.3 Å². The van der Waals surface area contributed by atoms with Gasteiger partial charge in [0.2, 0.25) is 0 Å². The van der Waals surface area contributed by atoms with Crippen LogP contribution in [0.1, 0.15) is 71.1 Å². The first-order valence-corrected chi connectivity index (χ1v) is 9.24. The van der Waals surface area contributed by atoms with Gasteiger partial charge in [0.15, 0.2) is 0 Å². The summed E-state index contributed by atoms with van der Waals surface area (Å²) < 4.78 is 0. The molecule has 0 unspecified atom stereocenters. The zero-order chi connectivity index (χ0) is 17.7. The van der Waals surface area contributed by atoms with E-state index in [0.29, 0.717) is 0 Å². The molecule has 0 fully saturated rings. The van der Waals surface area contributed by atoms with Gasteiger partial charge in [-0.3, -0.25) is 4.79 Å². The molecular weight excluding hydrogens is 296 g/mol. The minimum absolute atomic E-state index is 0.258. The van der Waals surface area contributed by atoms with Crippen LogP contribution in [0.4, 0.5) is 0 Å². The quantitative estimate of drug-likeness (QED) is 0.265. The predicted octanol–water partition coefficient (Wildman–Crippen LogP) is 6.77. The van der Waals surface area contributed by atoms with E-state index in [4.69, 9.17) is 5.11 Å². The van der Waals surface area contributed by atoms with Gasteiger partial charge in [-0.2, -0.15) is 0 Å². The summed E-state index contributed by atoms with van der Waals surface area (Å²) in [5, 5.41) is 8.51. The molecule has 0 aromatic heterocycles. The average molecular weight is 331 g/mol. The molecule has 0 saturated carbocycles. The fraction of sp³-hybridized carbons (Fsp3) is 0.500. The van der Waals surface area contributed by atoms with Gasteiger partial charge in [-0.25, -0.2) is 0 Å². The van der Waals surface area contributed by atoms with E-state index in [2.05, 4.69) is 67.7 Å². The van der Waals surface area contributed by atoms with Crippen molar-refractivity contribution in [1.29, 1.82) is 0 Å². The van der Waals surface area contributed by atoms with Crippen molar-refractivity contribution in [2.75, 3.05) is 0 Å². The lowest BCUT2D eigenvalue weighted by Crippen LogP contribution is -1.92. The number of carbonyl (C=O) groups is 1. The fourth-order valence-electron chi connectivity index (χ4n) is 2.01. The van der Waals surface area contributed by atoms with Gasteiger partial charge in [-0.05, 0) is 44.9 Å². The Labute approximate surface area is 148 Å². The summed E-state index contributed by atoms with van der Waals surface area (Å²) in [5.74, 6) is -0.714. The van der Waals surface area contributed by atoms with Crippen molar-refractivity contribution >= 4 is 5.97 Å². The van der Waals surface area contributed by atoms with E-state index in [1.54, 1.807) is 0 Å². The Morgan fingerprint density at radius 2 is 1.04 bits per heavy atom. The summed E-state index contributed by atoms with van der Waals surface area (Å²) in [7, 11) is 0. The van der Waals surface area contributed by atoms with E-state index >= 15 is 0 Å². The Bertz CT molecular complexity index is 425. The lowest BCUT2D eigenvalue weighted by molar-refractivity contribution is -0.137. The molecule has 2 heteroatoms. The fourth-order valence-corrected chi connectivity index (χ4v) is 2.01. The number of rotatable bonds is 15. The highest BCUT2D eigenvalue weighted by Gasteiger charge is 1.92. The zero-order valence-corrected chi connectivity index (χ0v) is 15.2. The van der Waals surface area contributed by atoms with Gasteiger partial charge in [-0.1, -0.05) is 80.5 Å². The first-order chi connectivity index (χ1) is 11.8. The number of carboxylic acid groups (broad SMARTS) is 1. The summed E-state index contributed by atoms with van der Waals surface area (Å²) in [5.41, 5.74) is 0. The second kappa shape index (κ2) is 19.2. The summed E-state index contributed by atoms with van der Waals surface area (Å²) >= 11 is 0. The van der Waals surface area contributed by atoms with E-state index in [-0.39, 0.29) is 6.42 Å². The van der Waals surface area contributed by atoms with Crippen molar-refractivity contribution in [2.45, 2.75) is 71.1 Å². The third kappa shape index (κ3) is 20.2. The van der Waals surface area contributed by atoms with Crippen LogP contribution in [0.25, 0.3) is 0 Å². The van der Waals surface area contributed by atoms with Crippen LogP contribution in [-0.4, -0.2) is 11.1 Å². The molecule has 0 aromatic rings. The van der Waals surface area contributed by atoms with Crippen LogP contribution in [0.2, 0.25) is 0 Å². The summed E-state index contributed by atoms with van der Waals surface area (Å²) in [6.45, 7) is 2.22. The van der Waals surface area contributed by atoms with Crippen molar-refractivity contribution in [2.24, 2.45) is 0 Å². The third-order valence-corrected chi connectivity index (χ3v) is 3.41. The number of hydrogen-bond acceptors (Lipinski definition) is 1. The summed E-state index contributed by atoms with van der Waals surface area (Å²) in [4.78, 5) is 10.3. The highest BCUT2D eigenvalue weighted by atomic mass is 16.4. The Balaban J connectivity index is 3.46. The van der Waals surface area contributed by atoms with Gasteiger partial charge < -0.3 is 5.11 Å². The van der Waals surface area contributed by atoms with Crippen LogP contribution >= 0.6 is 0 Å². The molecule has 0 radical (unpaired) electrons. The molecule has 0 heterocycles. The van der Waals surface area contributed by atoms with Gasteiger partial charge in [0.25, 0.3) is 0 Å². The van der Waals surface area contributed by atoms with Crippen LogP contribution in [0.15, 0.2) is 60.8 Å². The molecule has 0 aromatic carbocycles. The molecule has 0 atom stereocenters. The van der Waals surface area contributed by atoms with Gasteiger partial charge in [0, 0.05) is 6.42 Å². The normalized spacial score (nSPS) is 12.7. The summed E-state index contributed by atoms with van der Waals surface area (Å²) in [6.07, 6.45) is 31.3. The number of unbranched alkanes of at least 4 members (excludes halogenated alkanes) is 3. The molecule has 0 aliphatic carbocycles. The van der Waals surface area contributed by atoms with Crippen LogP contribution in [0.5, 0.6) is 0 Å².